The molecule has 0 aliphatic heterocycles. The zero-order chi connectivity index (χ0) is 14.1. The Morgan fingerprint density at radius 1 is 1.11 bits per heavy atom. The van der Waals surface area contributed by atoms with Crippen LogP contribution in [0.5, 0.6) is 0 Å². The van der Waals surface area contributed by atoms with Gasteiger partial charge in [-0.2, -0.15) is 0 Å². The van der Waals surface area contributed by atoms with Crippen molar-refractivity contribution in [3.63, 3.8) is 0 Å². The first-order chi connectivity index (χ1) is 9.17. The summed E-state index contributed by atoms with van der Waals surface area (Å²) in [7, 11) is 0. The van der Waals surface area contributed by atoms with Crippen molar-refractivity contribution in [3.05, 3.63) is 0 Å². The maximum Gasteiger partial charge on any atom is 0.0900 e. The van der Waals surface area contributed by atoms with Crippen LogP contribution >= 0.6 is 0 Å². The van der Waals surface area contributed by atoms with Crippen molar-refractivity contribution in [2.75, 3.05) is 32.9 Å². The summed E-state index contributed by atoms with van der Waals surface area (Å²) in [5.74, 6) is 0. The Hall–Kier alpha value is -0.200. The number of aliphatic hydroxyl groups excluding tert-OH is 3. The molecule has 0 radical (unpaired) electrons. The molecule has 2 atom stereocenters. The van der Waals surface area contributed by atoms with Crippen molar-refractivity contribution in [1.82, 2.24) is 4.90 Å². The largest absolute Gasteiger partial charge is 0.394 e. The van der Waals surface area contributed by atoms with Crippen molar-refractivity contribution in [2.24, 2.45) is 0 Å². The summed E-state index contributed by atoms with van der Waals surface area (Å²) in [4.78, 5) is 2.11. The van der Waals surface area contributed by atoms with Gasteiger partial charge in [0.05, 0.1) is 25.4 Å². The third-order valence-corrected chi connectivity index (χ3v) is 3.71. The van der Waals surface area contributed by atoms with Gasteiger partial charge in [0, 0.05) is 25.7 Å². The summed E-state index contributed by atoms with van der Waals surface area (Å²) >= 11 is 0. The number of aliphatic hydroxyl groups is 3. The average Bonchev–Trinajstić information content (AvgIpc) is 2.45. The van der Waals surface area contributed by atoms with E-state index in [1.807, 2.05) is 6.92 Å². The van der Waals surface area contributed by atoms with Gasteiger partial charge in [-0.05, 0) is 19.8 Å². The molecule has 1 rings (SSSR count). The summed E-state index contributed by atoms with van der Waals surface area (Å²) in [6, 6.07) is 0.409. The fourth-order valence-corrected chi connectivity index (χ4v) is 2.72. The van der Waals surface area contributed by atoms with Gasteiger partial charge in [0.25, 0.3) is 0 Å². The van der Waals surface area contributed by atoms with Crippen molar-refractivity contribution < 1.29 is 20.1 Å². The molecular formula is C14H29NO4. The maximum atomic E-state index is 9.96. The first kappa shape index (κ1) is 16.9. The molecule has 0 aromatic rings. The lowest BCUT2D eigenvalue weighted by Crippen LogP contribution is -2.47. The molecule has 5 heteroatoms. The number of nitrogens with zero attached hydrogens (tertiary/aromatic N) is 1. The van der Waals surface area contributed by atoms with E-state index in [-0.39, 0.29) is 6.61 Å². The standard InChI is InChI=1S/C14H29NO4/c1-2-19-11-14(18)9-15(8-13(17)10-16)12-6-4-3-5-7-12/h12-14,16-18H,2-11H2,1H3. The minimum absolute atomic E-state index is 0.231. The van der Waals surface area contributed by atoms with Crippen LogP contribution in [0.1, 0.15) is 39.0 Å². The predicted octanol–water partition coefficient (Wildman–Crippen LogP) is 0.372. The highest BCUT2D eigenvalue weighted by Gasteiger charge is 2.24. The van der Waals surface area contributed by atoms with Crippen molar-refractivity contribution in [2.45, 2.75) is 57.3 Å². The van der Waals surface area contributed by atoms with Crippen LogP contribution in [0, 0.1) is 0 Å². The Balaban J connectivity index is 2.47. The molecule has 1 aliphatic rings. The van der Waals surface area contributed by atoms with Gasteiger partial charge in [-0.15, -0.1) is 0 Å². The molecule has 5 nitrogen and oxygen atoms in total. The van der Waals surface area contributed by atoms with Gasteiger partial charge in [-0.25, -0.2) is 0 Å². The number of ether oxygens (including phenoxy) is 1. The third-order valence-electron chi connectivity index (χ3n) is 3.71. The lowest BCUT2D eigenvalue weighted by atomic mass is 9.93. The van der Waals surface area contributed by atoms with E-state index in [4.69, 9.17) is 9.84 Å². The van der Waals surface area contributed by atoms with Gasteiger partial charge in [0.15, 0.2) is 0 Å². The molecule has 0 saturated heterocycles. The average molecular weight is 275 g/mol. The van der Waals surface area contributed by atoms with Crippen LogP contribution in [0.25, 0.3) is 0 Å². The molecule has 2 unspecified atom stereocenters. The van der Waals surface area contributed by atoms with Crippen molar-refractivity contribution >= 4 is 0 Å². The van der Waals surface area contributed by atoms with E-state index in [9.17, 15) is 10.2 Å². The number of hydrogen-bond donors (Lipinski definition) is 3. The van der Waals surface area contributed by atoms with Crippen LogP contribution in [0.3, 0.4) is 0 Å². The van der Waals surface area contributed by atoms with Crippen LogP contribution in [0.15, 0.2) is 0 Å². The van der Waals surface area contributed by atoms with Gasteiger partial charge in [0.2, 0.25) is 0 Å². The number of rotatable bonds is 9. The van der Waals surface area contributed by atoms with E-state index in [1.165, 1.54) is 19.3 Å². The zero-order valence-corrected chi connectivity index (χ0v) is 12.0. The normalized spacial score (nSPS) is 20.7. The molecule has 114 valence electrons. The molecule has 0 amide bonds. The first-order valence-electron chi connectivity index (χ1n) is 7.46. The molecule has 0 aromatic carbocycles. The van der Waals surface area contributed by atoms with Crippen molar-refractivity contribution in [3.8, 4) is 0 Å². The highest BCUT2D eigenvalue weighted by molar-refractivity contribution is 4.79. The van der Waals surface area contributed by atoms with Crippen molar-refractivity contribution in [1.29, 1.82) is 0 Å². The van der Waals surface area contributed by atoms with E-state index in [2.05, 4.69) is 4.90 Å². The highest BCUT2D eigenvalue weighted by Crippen LogP contribution is 2.23. The second kappa shape index (κ2) is 9.66. The lowest BCUT2D eigenvalue weighted by Gasteiger charge is -2.36. The van der Waals surface area contributed by atoms with E-state index >= 15 is 0 Å². The second-order valence-electron chi connectivity index (χ2n) is 5.40. The van der Waals surface area contributed by atoms with Gasteiger partial charge in [-0.1, -0.05) is 19.3 Å². The minimum atomic E-state index is -0.735. The first-order valence-corrected chi connectivity index (χ1v) is 7.46. The minimum Gasteiger partial charge on any atom is -0.394 e. The van der Waals surface area contributed by atoms with Gasteiger partial charge < -0.3 is 20.1 Å². The summed E-state index contributed by atoms with van der Waals surface area (Å²) in [5, 5.41) is 28.6. The van der Waals surface area contributed by atoms with E-state index in [0.717, 1.165) is 12.8 Å². The highest BCUT2D eigenvalue weighted by atomic mass is 16.5. The van der Waals surface area contributed by atoms with Crippen LogP contribution < -0.4 is 0 Å². The molecule has 1 saturated carbocycles. The number of hydrogen-bond acceptors (Lipinski definition) is 5. The van der Waals surface area contributed by atoms with E-state index in [1.54, 1.807) is 0 Å². The van der Waals surface area contributed by atoms with Gasteiger partial charge >= 0.3 is 0 Å². The van der Waals surface area contributed by atoms with Crippen LogP contribution in [-0.2, 0) is 4.74 Å². The maximum absolute atomic E-state index is 9.96. The molecular weight excluding hydrogens is 246 g/mol. The summed E-state index contributed by atoms with van der Waals surface area (Å²) in [5.41, 5.74) is 0. The molecule has 0 aromatic heterocycles. The Labute approximate surface area is 116 Å². The molecule has 0 heterocycles. The summed E-state index contributed by atoms with van der Waals surface area (Å²) < 4.78 is 5.23. The van der Waals surface area contributed by atoms with E-state index < -0.39 is 12.2 Å². The van der Waals surface area contributed by atoms with E-state index in [0.29, 0.717) is 32.3 Å². The molecule has 1 aliphatic carbocycles. The Morgan fingerprint density at radius 3 is 2.32 bits per heavy atom. The zero-order valence-electron chi connectivity index (χ0n) is 12.0. The SMILES string of the molecule is CCOCC(O)CN(CC(O)CO)C1CCCCC1. The summed E-state index contributed by atoms with van der Waals surface area (Å²) in [6.45, 7) is 3.52. The van der Waals surface area contributed by atoms with Gasteiger partial charge in [-0.3, -0.25) is 4.90 Å². The van der Waals surface area contributed by atoms with Crippen LogP contribution in [0.2, 0.25) is 0 Å². The molecule has 19 heavy (non-hydrogen) atoms. The molecule has 0 spiro atoms. The lowest BCUT2D eigenvalue weighted by molar-refractivity contribution is -0.0136. The molecule has 1 fully saturated rings. The Bertz CT molecular complexity index is 221. The van der Waals surface area contributed by atoms with Crippen LogP contribution in [0.4, 0.5) is 0 Å². The Kier molecular flexibility index (Phi) is 8.57. The second-order valence-corrected chi connectivity index (χ2v) is 5.40. The monoisotopic (exact) mass is 275 g/mol. The smallest absolute Gasteiger partial charge is 0.0900 e. The summed E-state index contributed by atoms with van der Waals surface area (Å²) in [6.07, 6.45) is 4.64. The quantitative estimate of drug-likeness (QED) is 0.567. The van der Waals surface area contributed by atoms with Crippen LogP contribution in [-0.4, -0.2) is 71.4 Å². The molecule has 3 N–H and O–H groups in total. The third kappa shape index (κ3) is 6.68. The van der Waals surface area contributed by atoms with Gasteiger partial charge in [0.1, 0.15) is 0 Å². The Morgan fingerprint density at radius 2 is 1.74 bits per heavy atom. The predicted molar refractivity (Wildman–Crippen MR) is 74.0 cm³/mol. The fourth-order valence-electron chi connectivity index (χ4n) is 2.72. The fraction of sp³-hybridized carbons (Fsp3) is 1.00. The topological polar surface area (TPSA) is 73.2 Å². The molecule has 0 bridgehead atoms.